The fraction of sp³-hybridized carbons (Fsp3) is 0.533. The van der Waals surface area contributed by atoms with Crippen molar-refractivity contribution in [1.29, 1.82) is 0 Å². The molecule has 1 rings (SSSR count). The maximum atomic E-state index is 12.1. The fourth-order valence-electron chi connectivity index (χ4n) is 1.85. The molecular formula is C15H21F2NO3. The summed E-state index contributed by atoms with van der Waals surface area (Å²) in [5.74, 6) is -0.180. The Morgan fingerprint density at radius 3 is 2.43 bits per heavy atom. The number of benzene rings is 1. The van der Waals surface area contributed by atoms with Crippen LogP contribution >= 0.6 is 0 Å². The van der Waals surface area contributed by atoms with E-state index in [1.54, 1.807) is 33.0 Å². The quantitative estimate of drug-likeness (QED) is 0.750. The molecule has 6 heteroatoms. The Kier molecular flexibility index (Phi) is 6.55. The van der Waals surface area contributed by atoms with Gasteiger partial charge in [-0.15, -0.1) is 0 Å². The Morgan fingerprint density at radius 1 is 1.33 bits per heavy atom. The van der Waals surface area contributed by atoms with E-state index in [0.717, 1.165) is 5.56 Å². The molecule has 0 aromatic heterocycles. The SMILES string of the molecule is CCOC(=O)C(C)(CCc1ccc(OC(F)F)cc1)NC. The number of rotatable bonds is 8. The van der Waals surface area contributed by atoms with Gasteiger partial charge in [0.05, 0.1) is 6.61 Å². The summed E-state index contributed by atoms with van der Waals surface area (Å²) in [5, 5.41) is 2.97. The van der Waals surface area contributed by atoms with E-state index in [1.807, 2.05) is 0 Å². The van der Waals surface area contributed by atoms with E-state index >= 15 is 0 Å². The Hall–Kier alpha value is -1.69. The molecule has 1 unspecified atom stereocenters. The number of aryl methyl sites for hydroxylation is 1. The first kappa shape index (κ1) is 17.4. The van der Waals surface area contributed by atoms with Crippen LogP contribution in [0.1, 0.15) is 25.8 Å². The number of hydrogen-bond acceptors (Lipinski definition) is 4. The van der Waals surface area contributed by atoms with Gasteiger partial charge in [0.15, 0.2) is 0 Å². The van der Waals surface area contributed by atoms with Crippen LogP contribution in [0.4, 0.5) is 8.78 Å². The maximum Gasteiger partial charge on any atom is 0.387 e. The summed E-state index contributed by atoms with van der Waals surface area (Å²) in [4.78, 5) is 11.9. The van der Waals surface area contributed by atoms with Gasteiger partial charge in [-0.25, -0.2) is 0 Å². The van der Waals surface area contributed by atoms with Crippen molar-refractivity contribution in [1.82, 2.24) is 5.32 Å². The number of esters is 1. The summed E-state index contributed by atoms with van der Waals surface area (Å²) in [7, 11) is 1.70. The maximum absolute atomic E-state index is 12.1. The summed E-state index contributed by atoms with van der Waals surface area (Å²) < 4.78 is 33.4. The van der Waals surface area contributed by atoms with Crippen molar-refractivity contribution in [3.8, 4) is 5.75 Å². The molecule has 0 aliphatic rings. The molecule has 4 nitrogen and oxygen atoms in total. The molecule has 0 radical (unpaired) electrons. The van der Waals surface area contributed by atoms with Crippen LogP contribution in [0.25, 0.3) is 0 Å². The third-order valence-corrected chi connectivity index (χ3v) is 3.34. The van der Waals surface area contributed by atoms with Crippen molar-refractivity contribution in [2.24, 2.45) is 0 Å². The Labute approximate surface area is 123 Å². The molecule has 0 amide bonds. The van der Waals surface area contributed by atoms with Crippen molar-refractivity contribution in [2.75, 3.05) is 13.7 Å². The summed E-state index contributed by atoms with van der Waals surface area (Å²) in [6.07, 6.45) is 1.16. The second-order valence-corrected chi connectivity index (χ2v) is 4.83. The highest BCUT2D eigenvalue weighted by atomic mass is 19.3. The van der Waals surface area contributed by atoms with Crippen LogP contribution in [-0.2, 0) is 16.0 Å². The molecule has 0 aliphatic heterocycles. The smallest absolute Gasteiger partial charge is 0.387 e. The van der Waals surface area contributed by atoms with Gasteiger partial charge in [0.2, 0.25) is 0 Å². The normalized spacial score (nSPS) is 13.8. The van der Waals surface area contributed by atoms with E-state index in [-0.39, 0.29) is 11.7 Å². The van der Waals surface area contributed by atoms with Crippen molar-refractivity contribution in [2.45, 2.75) is 38.8 Å². The van der Waals surface area contributed by atoms with Gasteiger partial charge < -0.3 is 14.8 Å². The van der Waals surface area contributed by atoms with Gasteiger partial charge in [0.25, 0.3) is 0 Å². The third-order valence-electron chi connectivity index (χ3n) is 3.34. The minimum absolute atomic E-state index is 0.121. The van der Waals surface area contributed by atoms with Gasteiger partial charge in [-0.2, -0.15) is 8.78 Å². The molecule has 1 aromatic rings. The summed E-state index contributed by atoms with van der Waals surface area (Å²) in [6.45, 7) is 1.04. The molecule has 0 bridgehead atoms. The minimum atomic E-state index is -2.83. The van der Waals surface area contributed by atoms with Crippen molar-refractivity contribution in [3.05, 3.63) is 29.8 Å². The summed E-state index contributed by atoms with van der Waals surface area (Å²) in [5.41, 5.74) is 0.163. The number of carbonyl (C=O) groups is 1. The zero-order valence-electron chi connectivity index (χ0n) is 12.5. The molecule has 0 aliphatic carbocycles. The number of alkyl halides is 2. The molecule has 1 aromatic carbocycles. The predicted octanol–water partition coefficient (Wildman–Crippen LogP) is 2.76. The highest BCUT2D eigenvalue weighted by Gasteiger charge is 2.32. The molecule has 1 N–H and O–H groups in total. The lowest BCUT2D eigenvalue weighted by Crippen LogP contribution is -2.49. The molecule has 0 heterocycles. The Balaban J connectivity index is 2.62. The van der Waals surface area contributed by atoms with Crippen molar-refractivity contribution >= 4 is 5.97 Å². The number of ether oxygens (including phenoxy) is 2. The highest BCUT2D eigenvalue weighted by molar-refractivity contribution is 5.80. The van der Waals surface area contributed by atoms with E-state index in [4.69, 9.17) is 4.74 Å². The van der Waals surface area contributed by atoms with Crippen LogP contribution in [0.15, 0.2) is 24.3 Å². The number of hydrogen-bond donors (Lipinski definition) is 1. The lowest BCUT2D eigenvalue weighted by atomic mass is 9.93. The predicted molar refractivity (Wildman–Crippen MR) is 75.5 cm³/mol. The molecule has 21 heavy (non-hydrogen) atoms. The van der Waals surface area contributed by atoms with Crippen LogP contribution < -0.4 is 10.1 Å². The standard InChI is InChI=1S/C15H21F2NO3/c1-4-20-13(19)15(2,18-3)10-9-11-5-7-12(8-6-11)21-14(16)17/h5-8,14,18H,4,9-10H2,1-3H3. The average molecular weight is 301 g/mol. The van der Waals surface area contributed by atoms with E-state index in [1.165, 1.54) is 12.1 Å². The molecule has 118 valence electrons. The number of halogens is 2. The van der Waals surface area contributed by atoms with Gasteiger partial charge in [0, 0.05) is 0 Å². The summed E-state index contributed by atoms with van der Waals surface area (Å²) >= 11 is 0. The van der Waals surface area contributed by atoms with E-state index in [2.05, 4.69) is 10.1 Å². The molecule has 0 spiro atoms. The van der Waals surface area contributed by atoms with Crippen LogP contribution in [-0.4, -0.2) is 31.8 Å². The zero-order valence-corrected chi connectivity index (χ0v) is 12.5. The van der Waals surface area contributed by atoms with Gasteiger partial charge in [-0.1, -0.05) is 12.1 Å². The number of nitrogens with one attached hydrogen (secondary N) is 1. The highest BCUT2D eigenvalue weighted by Crippen LogP contribution is 2.19. The van der Waals surface area contributed by atoms with Gasteiger partial charge in [0.1, 0.15) is 11.3 Å². The first-order valence-electron chi connectivity index (χ1n) is 6.81. The van der Waals surface area contributed by atoms with Crippen LogP contribution in [0.3, 0.4) is 0 Å². The summed E-state index contributed by atoms with van der Waals surface area (Å²) in [6, 6.07) is 6.39. The van der Waals surface area contributed by atoms with Crippen molar-refractivity contribution < 1.29 is 23.0 Å². The lowest BCUT2D eigenvalue weighted by Gasteiger charge is -2.26. The Bertz CT molecular complexity index is 451. The van der Waals surface area contributed by atoms with Gasteiger partial charge in [-0.3, -0.25) is 4.79 Å². The topological polar surface area (TPSA) is 47.6 Å². The van der Waals surface area contributed by atoms with Gasteiger partial charge in [-0.05, 0) is 51.4 Å². The lowest BCUT2D eigenvalue weighted by molar-refractivity contribution is -0.150. The van der Waals surface area contributed by atoms with E-state index in [9.17, 15) is 13.6 Å². The second-order valence-electron chi connectivity index (χ2n) is 4.83. The number of likely N-dealkylation sites (N-methyl/N-ethyl adjacent to an activating group) is 1. The van der Waals surface area contributed by atoms with Gasteiger partial charge >= 0.3 is 12.6 Å². The first-order chi connectivity index (χ1) is 9.91. The van der Waals surface area contributed by atoms with Crippen molar-refractivity contribution in [3.63, 3.8) is 0 Å². The number of carbonyl (C=O) groups excluding carboxylic acids is 1. The zero-order chi connectivity index (χ0) is 15.9. The monoisotopic (exact) mass is 301 g/mol. The van der Waals surface area contributed by atoms with Crippen LogP contribution in [0, 0.1) is 0 Å². The van der Waals surface area contributed by atoms with Crippen LogP contribution in [0.5, 0.6) is 5.75 Å². The first-order valence-corrected chi connectivity index (χ1v) is 6.81. The van der Waals surface area contributed by atoms with Crippen LogP contribution in [0.2, 0.25) is 0 Å². The minimum Gasteiger partial charge on any atom is -0.465 e. The molecule has 0 fully saturated rings. The second kappa shape index (κ2) is 7.93. The van der Waals surface area contributed by atoms with E-state index in [0.29, 0.717) is 19.4 Å². The molecule has 0 saturated heterocycles. The molecule has 1 atom stereocenters. The molecule has 0 saturated carbocycles. The molecular weight excluding hydrogens is 280 g/mol. The average Bonchev–Trinajstić information content (AvgIpc) is 2.46. The fourth-order valence-corrected chi connectivity index (χ4v) is 1.85. The third kappa shape index (κ3) is 5.30. The van der Waals surface area contributed by atoms with E-state index < -0.39 is 12.2 Å². The largest absolute Gasteiger partial charge is 0.465 e. The Morgan fingerprint density at radius 2 is 1.95 bits per heavy atom.